The lowest BCUT2D eigenvalue weighted by atomic mass is 9.96. The van der Waals surface area contributed by atoms with Crippen molar-refractivity contribution in [2.24, 2.45) is 0 Å². The Morgan fingerprint density at radius 3 is 2.81 bits per heavy atom. The number of amides is 2. The molecule has 144 valence electrons. The maximum absolute atomic E-state index is 12.8. The van der Waals surface area contributed by atoms with Gasteiger partial charge in [0, 0.05) is 13.1 Å². The van der Waals surface area contributed by atoms with Crippen molar-refractivity contribution in [3.8, 4) is 0 Å². The van der Waals surface area contributed by atoms with Crippen molar-refractivity contribution < 1.29 is 32.6 Å². The molecule has 2 N–H and O–H groups in total. The molecule has 0 spiro atoms. The fraction of sp³-hybridized carbons (Fsp3) is 0.529. The highest BCUT2D eigenvalue weighted by molar-refractivity contribution is 5.77. The van der Waals surface area contributed by atoms with E-state index in [9.17, 15) is 22.8 Å². The summed E-state index contributed by atoms with van der Waals surface area (Å²) in [6, 6.07) is 4.73. The fourth-order valence-electron chi connectivity index (χ4n) is 2.68. The number of rotatable bonds is 5. The van der Waals surface area contributed by atoms with Crippen LogP contribution in [0.25, 0.3) is 0 Å². The van der Waals surface area contributed by atoms with Crippen LogP contribution < -0.4 is 5.32 Å². The van der Waals surface area contributed by atoms with Gasteiger partial charge in [-0.25, -0.2) is 9.59 Å². The SMILES string of the molecule is CC(CCNC(=O)N1CCOC(C(=O)O)C1)c1cccc(C(F)(F)F)c1. The van der Waals surface area contributed by atoms with Crippen LogP contribution in [0.4, 0.5) is 18.0 Å². The molecule has 1 aromatic rings. The van der Waals surface area contributed by atoms with Crippen molar-refractivity contribution in [1.29, 1.82) is 0 Å². The Balaban J connectivity index is 1.83. The van der Waals surface area contributed by atoms with E-state index in [1.165, 1.54) is 11.0 Å². The number of halogens is 3. The highest BCUT2D eigenvalue weighted by Gasteiger charge is 2.31. The van der Waals surface area contributed by atoms with E-state index < -0.39 is 29.8 Å². The van der Waals surface area contributed by atoms with Crippen LogP contribution in [0, 0.1) is 0 Å². The third kappa shape index (κ3) is 5.35. The molecule has 2 unspecified atom stereocenters. The van der Waals surface area contributed by atoms with Gasteiger partial charge in [0.15, 0.2) is 6.10 Å². The fourth-order valence-corrected chi connectivity index (χ4v) is 2.68. The number of alkyl halides is 3. The van der Waals surface area contributed by atoms with E-state index in [1.807, 2.05) is 0 Å². The van der Waals surface area contributed by atoms with Crippen LogP contribution in [0.2, 0.25) is 0 Å². The van der Waals surface area contributed by atoms with Gasteiger partial charge >= 0.3 is 18.2 Å². The van der Waals surface area contributed by atoms with Crippen LogP contribution in [0.5, 0.6) is 0 Å². The second kappa shape index (κ2) is 8.39. The van der Waals surface area contributed by atoms with Crippen LogP contribution in [0.3, 0.4) is 0 Å². The molecule has 1 aliphatic rings. The van der Waals surface area contributed by atoms with Crippen molar-refractivity contribution in [3.05, 3.63) is 35.4 Å². The molecule has 0 aromatic heterocycles. The molecule has 0 bridgehead atoms. The number of carboxylic acid groups (broad SMARTS) is 1. The third-order valence-corrected chi connectivity index (χ3v) is 4.27. The van der Waals surface area contributed by atoms with E-state index in [4.69, 9.17) is 9.84 Å². The van der Waals surface area contributed by atoms with Gasteiger partial charge in [0.2, 0.25) is 0 Å². The maximum Gasteiger partial charge on any atom is 0.416 e. The largest absolute Gasteiger partial charge is 0.479 e. The molecule has 0 aliphatic carbocycles. The summed E-state index contributed by atoms with van der Waals surface area (Å²) in [4.78, 5) is 24.4. The lowest BCUT2D eigenvalue weighted by Gasteiger charge is -2.31. The minimum absolute atomic E-state index is 0.0374. The summed E-state index contributed by atoms with van der Waals surface area (Å²) in [5.74, 6) is -1.30. The lowest BCUT2D eigenvalue weighted by molar-refractivity contribution is -0.154. The van der Waals surface area contributed by atoms with Gasteiger partial charge < -0.3 is 20.1 Å². The van der Waals surface area contributed by atoms with Crippen molar-refractivity contribution in [2.75, 3.05) is 26.2 Å². The summed E-state index contributed by atoms with van der Waals surface area (Å²) in [7, 11) is 0. The number of nitrogens with one attached hydrogen (secondary N) is 1. The van der Waals surface area contributed by atoms with Crippen LogP contribution in [0.15, 0.2) is 24.3 Å². The predicted octanol–water partition coefficient (Wildman–Crippen LogP) is 2.69. The molecule has 0 saturated carbocycles. The summed E-state index contributed by atoms with van der Waals surface area (Å²) in [6.45, 7) is 2.45. The Hall–Kier alpha value is -2.29. The van der Waals surface area contributed by atoms with Crippen LogP contribution in [-0.2, 0) is 15.7 Å². The number of carbonyl (C=O) groups is 2. The Labute approximate surface area is 148 Å². The Morgan fingerprint density at radius 2 is 2.15 bits per heavy atom. The van der Waals surface area contributed by atoms with E-state index in [2.05, 4.69) is 5.32 Å². The monoisotopic (exact) mass is 374 g/mol. The van der Waals surface area contributed by atoms with Crippen molar-refractivity contribution in [2.45, 2.75) is 31.5 Å². The number of carboxylic acids is 1. The molecular formula is C17H21F3N2O4. The van der Waals surface area contributed by atoms with Crippen molar-refractivity contribution in [3.63, 3.8) is 0 Å². The number of aliphatic carboxylic acids is 1. The highest BCUT2D eigenvalue weighted by Crippen LogP contribution is 2.31. The number of hydrogen-bond acceptors (Lipinski definition) is 3. The standard InChI is InChI=1S/C17H21F3N2O4/c1-11(12-3-2-4-13(9-12)17(18,19)20)5-6-21-16(25)22-7-8-26-14(10-22)15(23)24/h2-4,9,11,14H,5-8,10H2,1H3,(H,21,25)(H,23,24). The average molecular weight is 374 g/mol. The van der Waals surface area contributed by atoms with E-state index >= 15 is 0 Å². The first-order valence-electron chi connectivity index (χ1n) is 8.23. The molecule has 1 aromatic carbocycles. The molecule has 0 radical (unpaired) electrons. The molecule has 1 aliphatic heterocycles. The number of benzene rings is 1. The minimum Gasteiger partial charge on any atom is -0.479 e. The quantitative estimate of drug-likeness (QED) is 0.831. The molecule has 1 fully saturated rings. The van der Waals surface area contributed by atoms with E-state index in [1.54, 1.807) is 13.0 Å². The van der Waals surface area contributed by atoms with Gasteiger partial charge in [0.25, 0.3) is 0 Å². The van der Waals surface area contributed by atoms with Crippen LogP contribution in [-0.4, -0.2) is 54.4 Å². The molecule has 1 saturated heterocycles. The Kier molecular flexibility index (Phi) is 6.47. The maximum atomic E-state index is 12.8. The normalized spacial score (nSPS) is 19.1. The molecule has 6 nitrogen and oxygen atoms in total. The first-order valence-corrected chi connectivity index (χ1v) is 8.23. The second-order valence-corrected chi connectivity index (χ2v) is 6.19. The van der Waals surface area contributed by atoms with Gasteiger partial charge in [0.1, 0.15) is 0 Å². The number of hydrogen-bond donors (Lipinski definition) is 2. The molecule has 1 heterocycles. The zero-order valence-electron chi connectivity index (χ0n) is 14.3. The summed E-state index contributed by atoms with van der Waals surface area (Å²) < 4.78 is 43.4. The van der Waals surface area contributed by atoms with E-state index in [0.717, 1.165) is 12.1 Å². The van der Waals surface area contributed by atoms with Gasteiger partial charge in [-0.05, 0) is 24.0 Å². The zero-order chi connectivity index (χ0) is 19.3. The molecule has 26 heavy (non-hydrogen) atoms. The number of ether oxygens (including phenoxy) is 1. The molecule has 2 atom stereocenters. The van der Waals surface area contributed by atoms with E-state index in [0.29, 0.717) is 18.5 Å². The van der Waals surface area contributed by atoms with Gasteiger partial charge in [-0.2, -0.15) is 13.2 Å². The number of carbonyl (C=O) groups excluding carboxylic acids is 1. The first kappa shape index (κ1) is 20.0. The lowest BCUT2D eigenvalue weighted by Crippen LogP contribution is -2.51. The summed E-state index contributed by atoms with van der Waals surface area (Å²) >= 11 is 0. The average Bonchev–Trinajstić information content (AvgIpc) is 2.61. The van der Waals surface area contributed by atoms with Crippen molar-refractivity contribution >= 4 is 12.0 Å². The molecular weight excluding hydrogens is 353 g/mol. The Bertz CT molecular complexity index is 651. The van der Waals surface area contributed by atoms with Crippen molar-refractivity contribution in [1.82, 2.24) is 10.2 Å². The number of nitrogens with zero attached hydrogens (tertiary/aromatic N) is 1. The number of morpholine rings is 1. The third-order valence-electron chi connectivity index (χ3n) is 4.27. The summed E-state index contributed by atoms with van der Waals surface area (Å²) in [5, 5.41) is 11.6. The minimum atomic E-state index is -4.39. The first-order chi connectivity index (χ1) is 12.2. The van der Waals surface area contributed by atoms with Gasteiger partial charge in [-0.1, -0.05) is 25.1 Å². The van der Waals surface area contributed by atoms with E-state index in [-0.39, 0.29) is 25.6 Å². The highest BCUT2D eigenvalue weighted by atomic mass is 19.4. The molecule has 9 heteroatoms. The predicted molar refractivity (Wildman–Crippen MR) is 86.8 cm³/mol. The van der Waals surface area contributed by atoms with Gasteiger partial charge in [-0.3, -0.25) is 0 Å². The van der Waals surface area contributed by atoms with Crippen LogP contribution >= 0.6 is 0 Å². The second-order valence-electron chi connectivity index (χ2n) is 6.19. The summed E-state index contributed by atoms with van der Waals surface area (Å²) in [5.41, 5.74) is -0.148. The number of urea groups is 1. The van der Waals surface area contributed by atoms with Gasteiger partial charge in [-0.15, -0.1) is 0 Å². The summed E-state index contributed by atoms with van der Waals surface area (Å²) in [6.07, 6.45) is -4.97. The van der Waals surface area contributed by atoms with Crippen LogP contribution in [0.1, 0.15) is 30.4 Å². The zero-order valence-corrected chi connectivity index (χ0v) is 14.3. The smallest absolute Gasteiger partial charge is 0.416 e. The van der Waals surface area contributed by atoms with Gasteiger partial charge in [0.05, 0.1) is 18.7 Å². The molecule has 2 rings (SSSR count). The molecule has 2 amide bonds. The Morgan fingerprint density at radius 1 is 1.42 bits per heavy atom. The topological polar surface area (TPSA) is 78.9 Å².